The molecule has 0 aliphatic carbocycles. The summed E-state index contributed by atoms with van der Waals surface area (Å²) in [6, 6.07) is 12.2. The second-order valence-corrected chi connectivity index (χ2v) is 10.9. The number of methoxy groups -OCH3 is 2. The molecule has 36 heavy (non-hydrogen) atoms. The molecule has 0 radical (unpaired) electrons. The molecule has 0 aliphatic heterocycles. The quantitative estimate of drug-likeness (QED) is 0.181. The molecule has 7 heteroatoms. The van der Waals surface area contributed by atoms with Gasteiger partial charge in [-0.3, -0.25) is 4.57 Å². The first-order chi connectivity index (χ1) is 17.3. The zero-order chi connectivity index (χ0) is 26.6. The Hall–Kier alpha value is -2.27. The molecule has 2 aromatic rings. The van der Waals surface area contributed by atoms with Crippen LogP contribution in [0.1, 0.15) is 76.5 Å². The van der Waals surface area contributed by atoms with E-state index in [1.54, 1.807) is 27.2 Å². The average molecular weight is 518 g/mol. The summed E-state index contributed by atoms with van der Waals surface area (Å²) in [7, 11) is -0.677. The van der Waals surface area contributed by atoms with E-state index < -0.39 is 7.60 Å². The van der Waals surface area contributed by atoms with Gasteiger partial charge in [0.2, 0.25) is 0 Å². The number of anilines is 1. The van der Waals surface area contributed by atoms with E-state index in [9.17, 15) is 9.46 Å². The van der Waals surface area contributed by atoms with Crippen LogP contribution in [0, 0.1) is 0 Å². The number of unbranched alkanes of at least 4 members (excludes halogenated alkanes) is 2. The zero-order valence-corrected chi connectivity index (χ0v) is 23.7. The maximum Gasteiger partial charge on any atom is 0.332 e. The van der Waals surface area contributed by atoms with Crippen LogP contribution in [0.15, 0.2) is 36.4 Å². The lowest BCUT2D eigenvalue weighted by Gasteiger charge is -2.24. The summed E-state index contributed by atoms with van der Waals surface area (Å²) in [4.78, 5) is 12.8. The Balaban J connectivity index is 2.24. The first kappa shape index (κ1) is 30.0. The summed E-state index contributed by atoms with van der Waals surface area (Å²) >= 11 is 0. The van der Waals surface area contributed by atoms with Crippen LogP contribution in [0.2, 0.25) is 0 Å². The minimum absolute atomic E-state index is 0.144. The second-order valence-electron chi connectivity index (χ2n) is 9.14. The lowest BCUT2D eigenvalue weighted by atomic mass is 10.1. The molecule has 2 unspecified atom stereocenters. The summed E-state index contributed by atoms with van der Waals surface area (Å²) in [6.07, 6.45) is 8.99. The summed E-state index contributed by atoms with van der Waals surface area (Å²) in [6.45, 7) is 10.3. The minimum Gasteiger partial charge on any atom is -0.496 e. The van der Waals surface area contributed by atoms with Crippen LogP contribution in [-0.4, -0.2) is 38.3 Å². The number of hydrogen-bond acceptors (Lipinski definition) is 5. The topological polar surface area (TPSA) is 68.2 Å². The first-order valence-electron chi connectivity index (χ1n) is 13.0. The Morgan fingerprint density at radius 1 is 0.944 bits per heavy atom. The molecule has 0 amide bonds. The van der Waals surface area contributed by atoms with Crippen LogP contribution >= 0.6 is 7.60 Å². The number of hydrogen-bond donors (Lipinski definition) is 1. The van der Waals surface area contributed by atoms with Gasteiger partial charge in [-0.2, -0.15) is 0 Å². The Kier molecular flexibility index (Phi) is 12.6. The molecule has 2 aromatic carbocycles. The van der Waals surface area contributed by atoms with E-state index in [0.29, 0.717) is 23.5 Å². The second kappa shape index (κ2) is 15.1. The van der Waals surface area contributed by atoms with Gasteiger partial charge in [-0.15, -0.1) is 0 Å². The molecule has 0 fully saturated rings. The molecular formula is C29H44NO5P. The van der Waals surface area contributed by atoms with Crippen molar-refractivity contribution in [2.75, 3.05) is 32.2 Å². The monoisotopic (exact) mass is 517 g/mol. The molecule has 0 bridgehead atoms. The number of nitrogens with zero attached hydrogens (tertiary/aromatic N) is 1. The van der Waals surface area contributed by atoms with E-state index in [1.807, 2.05) is 25.1 Å². The van der Waals surface area contributed by atoms with Crippen molar-refractivity contribution in [3.05, 3.63) is 53.1 Å². The van der Waals surface area contributed by atoms with Crippen LogP contribution in [-0.2, 0) is 15.3 Å². The van der Waals surface area contributed by atoms with Crippen molar-refractivity contribution in [3.8, 4) is 11.5 Å². The van der Waals surface area contributed by atoms with Gasteiger partial charge in [0.15, 0.2) is 0 Å². The highest BCUT2D eigenvalue weighted by molar-refractivity contribution is 7.52. The SMILES string of the molecule is CCCCN(CCCC)c1ccc(C=Cc2cc(OC)c(CP(=O)(O)OC(C)CC)cc2OC)cc1. The highest BCUT2D eigenvalue weighted by atomic mass is 31.2. The van der Waals surface area contributed by atoms with Gasteiger partial charge in [-0.05, 0) is 56.0 Å². The fraction of sp³-hybridized carbons (Fsp3) is 0.517. The van der Waals surface area contributed by atoms with Crippen molar-refractivity contribution in [3.63, 3.8) is 0 Å². The molecule has 0 heterocycles. The molecule has 0 aliphatic rings. The van der Waals surface area contributed by atoms with Gasteiger partial charge in [-0.1, -0.05) is 57.9 Å². The summed E-state index contributed by atoms with van der Waals surface area (Å²) in [5, 5.41) is 0. The van der Waals surface area contributed by atoms with Gasteiger partial charge in [0, 0.05) is 29.9 Å². The highest BCUT2D eigenvalue weighted by Crippen LogP contribution is 2.49. The Morgan fingerprint density at radius 3 is 2.08 bits per heavy atom. The van der Waals surface area contributed by atoms with Crippen LogP contribution in [0.3, 0.4) is 0 Å². The molecule has 2 atom stereocenters. The van der Waals surface area contributed by atoms with E-state index in [0.717, 1.165) is 24.2 Å². The summed E-state index contributed by atoms with van der Waals surface area (Å²) < 4.78 is 29.1. The van der Waals surface area contributed by atoms with Crippen LogP contribution in [0.25, 0.3) is 12.2 Å². The lowest BCUT2D eigenvalue weighted by Crippen LogP contribution is -2.25. The molecule has 0 saturated heterocycles. The predicted octanol–water partition coefficient (Wildman–Crippen LogP) is 7.78. The van der Waals surface area contributed by atoms with Crippen molar-refractivity contribution in [2.45, 2.75) is 72.1 Å². The molecular weight excluding hydrogens is 473 g/mol. The van der Waals surface area contributed by atoms with Crippen LogP contribution in [0.5, 0.6) is 11.5 Å². The molecule has 2 rings (SSSR count). The first-order valence-corrected chi connectivity index (χ1v) is 14.8. The average Bonchev–Trinajstić information content (AvgIpc) is 2.87. The van der Waals surface area contributed by atoms with Crippen LogP contribution in [0.4, 0.5) is 5.69 Å². The summed E-state index contributed by atoms with van der Waals surface area (Å²) in [5.74, 6) is 1.13. The van der Waals surface area contributed by atoms with Gasteiger partial charge >= 0.3 is 7.60 Å². The van der Waals surface area contributed by atoms with E-state index in [4.69, 9.17) is 14.0 Å². The Bertz CT molecular complexity index is 997. The molecule has 6 nitrogen and oxygen atoms in total. The van der Waals surface area contributed by atoms with Crippen molar-refractivity contribution in [1.82, 2.24) is 0 Å². The van der Waals surface area contributed by atoms with Crippen molar-refractivity contribution in [1.29, 1.82) is 0 Å². The third-order valence-corrected chi connectivity index (χ3v) is 7.63. The molecule has 1 N–H and O–H groups in total. The largest absolute Gasteiger partial charge is 0.496 e. The Morgan fingerprint density at radius 2 is 1.56 bits per heavy atom. The van der Waals surface area contributed by atoms with E-state index in [-0.39, 0.29) is 12.3 Å². The van der Waals surface area contributed by atoms with Crippen molar-refractivity contribution >= 4 is 25.4 Å². The normalized spacial score (nSPS) is 14.0. The zero-order valence-electron chi connectivity index (χ0n) is 22.8. The fourth-order valence-corrected chi connectivity index (χ4v) is 5.36. The van der Waals surface area contributed by atoms with E-state index in [1.165, 1.54) is 31.4 Å². The van der Waals surface area contributed by atoms with Crippen molar-refractivity contribution in [2.24, 2.45) is 0 Å². The maximum atomic E-state index is 12.6. The van der Waals surface area contributed by atoms with Gasteiger partial charge in [0.25, 0.3) is 0 Å². The lowest BCUT2D eigenvalue weighted by molar-refractivity contribution is 0.184. The highest BCUT2D eigenvalue weighted by Gasteiger charge is 2.25. The number of rotatable bonds is 16. The predicted molar refractivity (Wildman–Crippen MR) is 151 cm³/mol. The van der Waals surface area contributed by atoms with Crippen molar-refractivity contribution < 1.29 is 23.5 Å². The molecule has 0 saturated carbocycles. The third-order valence-electron chi connectivity index (χ3n) is 6.20. The molecule has 0 spiro atoms. The van der Waals surface area contributed by atoms with Gasteiger partial charge in [0.05, 0.1) is 26.5 Å². The standard InChI is InChI=1S/C29H44NO5P/c1-7-10-18-30(19-11-8-2)27-16-13-24(14-17-27)12-15-25-20-29(34-6)26(21-28(25)33-5)22-36(31,32)35-23(4)9-3/h12-17,20-21,23H,7-11,18-19,22H2,1-6H3,(H,31,32). The molecule has 200 valence electrons. The van der Waals surface area contributed by atoms with Gasteiger partial charge in [-0.25, -0.2) is 0 Å². The number of ether oxygens (including phenoxy) is 2. The fourth-order valence-electron chi connectivity index (χ4n) is 3.90. The third kappa shape index (κ3) is 9.31. The van der Waals surface area contributed by atoms with Gasteiger partial charge in [0.1, 0.15) is 11.5 Å². The Labute approximate surface area is 217 Å². The van der Waals surface area contributed by atoms with E-state index in [2.05, 4.69) is 43.0 Å². The number of benzene rings is 2. The summed E-state index contributed by atoms with van der Waals surface area (Å²) in [5.41, 5.74) is 3.73. The smallest absolute Gasteiger partial charge is 0.332 e. The maximum absolute atomic E-state index is 12.6. The van der Waals surface area contributed by atoms with Crippen LogP contribution < -0.4 is 14.4 Å². The van der Waals surface area contributed by atoms with E-state index >= 15 is 0 Å². The minimum atomic E-state index is -3.82. The van der Waals surface area contributed by atoms with Gasteiger partial charge < -0.3 is 23.8 Å². The molecule has 0 aromatic heterocycles.